The van der Waals surface area contributed by atoms with Crippen molar-refractivity contribution in [3.8, 4) is 0 Å². The van der Waals surface area contributed by atoms with Gasteiger partial charge in [0.05, 0.1) is 0 Å². The molecule has 0 N–H and O–H groups in total. The summed E-state index contributed by atoms with van der Waals surface area (Å²) >= 11 is 3.18. The average molecular weight is 236 g/mol. The molecule has 0 spiro atoms. The zero-order chi connectivity index (χ0) is 9.14. The second-order valence-corrected chi connectivity index (χ2v) is 3.01. The van der Waals surface area contributed by atoms with Crippen LogP contribution < -0.4 is 0 Å². The Kier molecular flexibility index (Phi) is 3.14. The van der Waals surface area contributed by atoms with Crippen molar-refractivity contribution in [2.45, 2.75) is 18.7 Å². The van der Waals surface area contributed by atoms with E-state index in [1.54, 1.807) is 13.1 Å². The van der Waals surface area contributed by atoms with Crippen molar-refractivity contribution >= 4 is 15.9 Å². The van der Waals surface area contributed by atoms with E-state index < -0.39 is 6.43 Å². The van der Waals surface area contributed by atoms with Crippen LogP contribution in [0.4, 0.5) is 8.78 Å². The summed E-state index contributed by atoms with van der Waals surface area (Å²) in [6, 6.07) is 1.47. The van der Waals surface area contributed by atoms with Crippen molar-refractivity contribution in [3.05, 3.63) is 29.1 Å². The minimum absolute atomic E-state index is 0.0203. The zero-order valence-corrected chi connectivity index (χ0v) is 8.11. The van der Waals surface area contributed by atoms with Crippen molar-refractivity contribution in [1.82, 2.24) is 4.98 Å². The average Bonchev–Trinajstić information content (AvgIpc) is 2.05. The summed E-state index contributed by atoms with van der Waals surface area (Å²) in [4.78, 5) is 3.86. The van der Waals surface area contributed by atoms with Gasteiger partial charge in [-0.05, 0) is 18.6 Å². The number of rotatable bonds is 2. The van der Waals surface area contributed by atoms with E-state index in [9.17, 15) is 8.78 Å². The molecule has 66 valence electrons. The Hall–Kier alpha value is -0.510. The van der Waals surface area contributed by atoms with Gasteiger partial charge in [-0.25, -0.2) is 8.78 Å². The smallest absolute Gasteiger partial charge is 0.261 e. The standard InChI is InChI=1S/C8H8BrF2N/c1-5-7(8(10)11)2-6(3-9)4-12-5/h2,4,8H,3H2,1H3. The van der Waals surface area contributed by atoms with Gasteiger partial charge in [-0.1, -0.05) is 15.9 Å². The van der Waals surface area contributed by atoms with E-state index in [-0.39, 0.29) is 5.56 Å². The number of hydrogen-bond acceptors (Lipinski definition) is 1. The molecule has 0 bridgehead atoms. The number of halogens is 3. The van der Waals surface area contributed by atoms with Crippen LogP contribution in [-0.2, 0) is 5.33 Å². The Morgan fingerprint density at radius 3 is 2.75 bits per heavy atom. The minimum Gasteiger partial charge on any atom is -0.261 e. The Bertz CT molecular complexity index is 276. The summed E-state index contributed by atoms with van der Waals surface area (Å²) in [6.07, 6.45) is -0.841. The second-order valence-electron chi connectivity index (χ2n) is 2.45. The first-order valence-electron chi connectivity index (χ1n) is 3.44. The van der Waals surface area contributed by atoms with Gasteiger partial charge in [0.25, 0.3) is 6.43 Å². The van der Waals surface area contributed by atoms with Crippen LogP contribution in [0.5, 0.6) is 0 Å². The predicted molar refractivity (Wildman–Crippen MR) is 46.6 cm³/mol. The highest BCUT2D eigenvalue weighted by Gasteiger charge is 2.11. The topological polar surface area (TPSA) is 12.9 Å². The quantitative estimate of drug-likeness (QED) is 0.718. The lowest BCUT2D eigenvalue weighted by Crippen LogP contribution is -1.94. The van der Waals surface area contributed by atoms with E-state index in [0.717, 1.165) is 5.56 Å². The Balaban J connectivity index is 3.08. The number of aromatic nitrogens is 1. The molecule has 0 fully saturated rings. The van der Waals surface area contributed by atoms with Gasteiger partial charge in [0.1, 0.15) is 0 Å². The van der Waals surface area contributed by atoms with Gasteiger partial charge >= 0.3 is 0 Å². The molecular weight excluding hydrogens is 228 g/mol. The molecule has 0 saturated carbocycles. The number of aryl methyl sites for hydroxylation is 1. The SMILES string of the molecule is Cc1ncc(CBr)cc1C(F)F. The fourth-order valence-corrected chi connectivity index (χ4v) is 1.20. The zero-order valence-electron chi connectivity index (χ0n) is 6.52. The molecule has 0 aliphatic heterocycles. The maximum absolute atomic E-state index is 12.3. The number of alkyl halides is 3. The van der Waals surface area contributed by atoms with Gasteiger partial charge in [0.2, 0.25) is 0 Å². The Morgan fingerprint density at radius 1 is 1.58 bits per heavy atom. The molecule has 1 rings (SSSR count). The molecule has 0 radical (unpaired) electrons. The molecule has 0 unspecified atom stereocenters. The maximum Gasteiger partial charge on any atom is 0.265 e. The predicted octanol–water partition coefficient (Wildman–Crippen LogP) is 3.22. The van der Waals surface area contributed by atoms with Crippen molar-refractivity contribution in [1.29, 1.82) is 0 Å². The van der Waals surface area contributed by atoms with Crippen LogP contribution in [0.3, 0.4) is 0 Å². The Labute approximate surface area is 77.9 Å². The third-order valence-electron chi connectivity index (χ3n) is 1.57. The van der Waals surface area contributed by atoms with Gasteiger partial charge in [-0.3, -0.25) is 4.98 Å². The lowest BCUT2D eigenvalue weighted by Gasteiger charge is -2.04. The van der Waals surface area contributed by atoms with Crippen molar-refractivity contribution < 1.29 is 8.78 Å². The van der Waals surface area contributed by atoms with E-state index in [4.69, 9.17) is 0 Å². The van der Waals surface area contributed by atoms with Crippen molar-refractivity contribution in [2.75, 3.05) is 0 Å². The van der Waals surface area contributed by atoms with Crippen molar-refractivity contribution in [2.24, 2.45) is 0 Å². The highest BCUT2D eigenvalue weighted by Crippen LogP contribution is 2.22. The van der Waals surface area contributed by atoms with Gasteiger partial charge in [-0.2, -0.15) is 0 Å². The van der Waals surface area contributed by atoms with Gasteiger partial charge < -0.3 is 0 Å². The van der Waals surface area contributed by atoms with Crippen LogP contribution in [0.15, 0.2) is 12.3 Å². The second kappa shape index (κ2) is 3.94. The van der Waals surface area contributed by atoms with E-state index in [1.165, 1.54) is 6.07 Å². The minimum atomic E-state index is -2.43. The van der Waals surface area contributed by atoms with E-state index in [1.807, 2.05) is 0 Å². The van der Waals surface area contributed by atoms with Crippen LogP contribution in [0.25, 0.3) is 0 Å². The van der Waals surface area contributed by atoms with Crippen LogP contribution in [0, 0.1) is 6.92 Å². The molecule has 1 aromatic heterocycles. The summed E-state index contributed by atoms with van der Waals surface area (Å²) in [5.74, 6) is 0. The third kappa shape index (κ3) is 2.00. The molecule has 0 aliphatic rings. The first-order valence-corrected chi connectivity index (χ1v) is 4.57. The molecule has 0 atom stereocenters. The fourth-order valence-electron chi connectivity index (χ4n) is 0.890. The van der Waals surface area contributed by atoms with Gasteiger partial charge in [0, 0.05) is 22.8 Å². The van der Waals surface area contributed by atoms with Crippen LogP contribution in [-0.4, -0.2) is 4.98 Å². The largest absolute Gasteiger partial charge is 0.265 e. The van der Waals surface area contributed by atoms with Crippen molar-refractivity contribution in [3.63, 3.8) is 0 Å². The maximum atomic E-state index is 12.3. The normalized spacial score (nSPS) is 10.8. The molecular formula is C8H8BrF2N. The van der Waals surface area contributed by atoms with Gasteiger partial charge in [0.15, 0.2) is 0 Å². The lowest BCUT2D eigenvalue weighted by atomic mass is 10.1. The van der Waals surface area contributed by atoms with E-state index in [2.05, 4.69) is 20.9 Å². The molecule has 4 heteroatoms. The first-order chi connectivity index (χ1) is 5.65. The summed E-state index contributed by atoms with van der Waals surface area (Å²) in [7, 11) is 0. The molecule has 12 heavy (non-hydrogen) atoms. The van der Waals surface area contributed by atoms with E-state index >= 15 is 0 Å². The molecule has 1 heterocycles. The lowest BCUT2D eigenvalue weighted by molar-refractivity contribution is 0.150. The molecule has 1 nitrogen and oxygen atoms in total. The number of nitrogens with zero attached hydrogens (tertiary/aromatic N) is 1. The highest BCUT2D eigenvalue weighted by molar-refractivity contribution is 9.08. The molecule has 0 aromatic carbocycles. The van der Waals surface area contributed by atoms with E-state index in [0.29, 0.717) is 11.0 Å². The molecule has 0 saturated heterocycles. The monoisotopic (exact) mass is 235 g/mol. The number of pyridine rings is 1. The highest BCUT2D eigenvalue weighted by atomic mass is 79.9. The Morgan fingerprint density at radius 2 is 2.25 bits per heavy atom. The first kappa shape index (κ1) is 9.58. The summed E-state index contributed by atoms with van der Waals surface area (Å²) in [5, 5.41) is 0.556. The summed E-state index contributed by atoms with van der Waals surface area (Å²) in [5.41, 5.74) is 1.19. The third-order valence-corrected chi connectivity index (χ3v) is 2.22. The molecule has 1 aromatic rings. The number of hydrogen-bond donors (Lipinski definition) is 0. The van der Waals surface area contributed by atoms with Crippen LogP contribution >= 0.6 is 15.9 Å². The van der Waals surface area contributed by atoms with Gasteiger partial charge in [-0.15, -0.1) is 0 Å². The van der Waals surface area contributed by atoms with Crippen LogP contribution in [0.1, 0.15) is 23.2 Å². The molecule has 0 aliphatic carbocycles. The van der Waals surface area contributed by atoms with Crippen LogP contribution in [0.2, 0.25) is 0 Å². The molecule has 0 amide bonds. The summed E-state index contributed by atoms with van der Waals surface area (Å²) < 4.78 is 24.6. The fraction of sp³-hybridized carbons (Fsp3) is 0.375. The summed E-state index contributed by atoms with van der Waals surface area (Å²) in [6.45, 7) is 1.58.